The molecular formula is C12H22N4. The largest absolute Gasteiger partial charge is 0.334 e. The van der Waals surface area contributed by atoms with Crippen LogP contribution in [0, 0.1) is 6.92 Å². The molecule has 1 aromatic heterocycles. The lowest BCUT2D eigenvalue weighted by Gasteiger charge is -2.35. The van der Waals surface area contributed by atoms with Crippen LogP contribution < -0.4 is 5.73 Å². The Morgan fingerprint density at radius 1 is 1.44 bits per heavy atom. The van der Waals surface area contributed by atoms with Gasteiger partial charge >= 0.3 is 0 Å². The fraction of sp³-hybridized carbons (Fsp3) is 0.750. The Hall–Kier alpha value is -0.870. The number of hydrogen-bond acceptors (Lipinski definition) is 3. The number of nitrogens with zero attached hydrogens (tertiary/aromatic N) is 3. The Labute approximate surface area is 97.4 Å². The van der Waals surface area contributed by atoms with E-state index in [1.54, 1.807) is 0 Å². The Kier molecular flexibility index (Phi) is 3.96. The minimum atomic E-state index is 0.595. The number of aromatic nitrogens is 2. The maximum absolute atomic E-state index is 5.81. The fourth-order valence-electron chi connectivity index (χ4n) is 2.50. The van der Waals surface area contributed by atoms with E-state index >= 15 is 0 Å². The smallest absolute Gasteiger partial charge is 0.105 e. The van der Waals surface area contributed by atoms with Gasteiger partial charge < -0.3 is 10.3 Å². The van der Waals surface area contributed by atoms with E-state index in [9.17, 15) is 0 Å². The molecule has 1 saturated heterocycles. The van der Waals surface area contributed by atoms with Gasteiger partial charge in [-0.15, -0.1) is 0 Å². The summed E-state index contributed by atoms with van der Waals surface area (Å²) in [5.74, 6) is 1.10. The van der Waals surface area contributed by atoms with Crippen molar-refractivity contribution in [2.24, 2.45) is 5.73 Å². The SMILES string of the molecule is Cc1nccn1CCN1CCCCC1CN. The minimum absolute atomic E-state index is 0.595. The van der Waals surface area contributed by atoms with Crippen molar-refractivity contribution in [1.29, 1.82) is 0 Å². The summed E-state index contributed by atoms with van der Waals surface area (Å²) in [6.45, 7) is 6.18. The van der Waals surface area contributed by atoms with E-state index in [4.69, 9.17) is 5.73 Å². The van der Waals surface area contributed by atoms with Gasteiger partial charge in [0, 0.05) is 38.1 Å². The first kappa shape index (κ1) is 11.6. The van der Waals surface area contributed by atoms with Gasteiger partial charge in [0.15, 0.2) is 0 Å². The molecule has 0 saturated carbocycles. The molecular weight excluding hydrogens is 200 g/mol. The monoisotopic (exact) mass is 222 g/mol. The molecule has 0 spiro atoms. The Bertz CT molecular complexity index is 321. The highest BCUT2D eigenvalue weighted by atomic mass is 15.2. The van der Waals surface area contributed by atoms with E-state index in [-0.39, 0.29) is 0 Å². The third-order valence-electron chi connectivity index (χ3n) is 3.57. The molecule has 1 aromatic rings. The van der Waals surface area contributed by atoms with Crippen molar-refractivity contribution in [1.82, 2.24) is 14.5 Å². The molecule has 2 N–H and O–H groups in total. The molecule has 4 heteroatoms. The number of rotatable bonds is 4. The van der Waals surface area contributed by atoms with Crippen LogP contribution in [0.1, 0.15) is 25.1 Å². The zero-order chi connectivity index (χ0) is 11.4. The highest BCUT2D eigenvalue weighted by Crippen LogP contribution is 2.15. The number of aryl methyl sites for hydroxylation is 1. The van der Waals surface area contributed by atoms with Crippen molar-refractivity contribution in [2.75, 3.05) is 19.6 Å². The van der Waals surface area contributed by atoms with E-state index in [0.29, 0.717) is 6.04 Å². The summed E-state index contributed by atoms with van der Waals surface area (Å²) < 4.78 is 2.21. The molecule has 0 bridgehead atoms. The quantitative estimate of drug-likeness (QED) is 0.827. The van der Waals surface area contributed by atoms with Gasteiger partial charge in [-0.3, -0.25) is 4.90 Å². The lowest BCUT2D eigenvalue weighted by Crippen LogP contribution is -2.45. The zero-order valence-electron chi connectivity index (χ0n) is 10.1. The minimum Gasteiger partial charge on any atom is -0.334 e. The number of likely N-dealkylation sites (tertiary alicyclic amines) is 1. The summed E-state index contributed by atoms with van der Waals surface area (Å²) in [4.78, 5) is 6.77. The van der Waals surface area contributed by atoms with Gasteiger partial charge in [0.2, 0.25) is 0 Å². The van der Waals surface area contributed by atoms with Gasteiger partial charge in [-0.2, -0.15) is 0 Å². The predicted molar refractivity (Wildman–Crippen MR) is 65.2 cm³/mol. The molecule has 2 heterocycles. The van der Waals surface area contributed by atoms with Crippen LogP contribution in [0.3, 0.4) is 0 Å². The molecule has 0 aliphatic carbocycles. The average Bonchev–Trinajstić information content (AvgIpc) is 2.72. The van der Waals surface area contributed by atoms with Crippen LogP contribution in [-0.2, 0) is 6.54 Å². The molecule has 1 fully saturated rings. The van der Waals surface area contributed by atoms with Gasteiger partial charge in [0.25, 0.3) is 0 Å². The second kappa shape index (κ2) is 5.46. The van der Waals surface area contributed by atoms with Crippen LogP contribution in [0.2, 0.25) is 0 Å². The van der Waals surface area contributed by atoms with E-state index in [1.165, 1.54) is 25.8 Å². The van der Waals surface area contributed by atoms with Gasteiger partial charge in [0.05, 0.1) is 0 Å². The van der Waals surface area contributed by atoms with Gasteiger partial charge in [-0.1, -0.05) is 6.42 Å². The fourth-order valence-corrected chi connectivity index (χ4v) is 2.50. The van der Waals surface area contributed by atoms with Crippen molar-refractivity contribution >= 4 is 0 Å². The molecule has 0 radical (unpaired) electrons. The standard InChI is InChI=1S/C12H22N4/c1-11-14-5-7-15(11)8-9-16-6-3-2-4-12(16)10-13/h5,7,12H,2-4,6,8-10,13H2,1H3. The highest BCUT2D eigenvalue weighted by molar-refractivity contribution is 4.89. The highest BCUT2D eigenvalue weighted by Gasteiger charge is 2.20. The van der Waals surface area contributed by atoms with Crippen LogP contribution in [0.15, 0.2) is 12.4 Å². The molecule has 1 aliphatic rings. The summed E-state index contributed by atoms with van der Waals surface area (Å²) in [7, 11) is 0. The predicted octanol–water partition coefficient (Wildman–Crippen LogP) is 1.00. The average molecular weight is 222 g/mol. The molecule has 0 aromatic carbocycles. The molecule has 2 rings (SSSR count). The molecule has 16 heavy (non-hydrogen) atoms. The van der Waals surface area contributed by atoms with Crippen molar-refractivity contribution in [3.8, 4) is 0 Å². The Balaban J connectivity index is 1.86. The van der Waals surface area contributed by atoms with Crippen molar-refractivity contribution < 1.29 is 0 Å². The van der Waals surface area contributed by atoms with Crippen LogP contribution in [0.4, 0.5) is 0 Å². The summed E-state index contributed by atoms with van der Waals surface area (Å²) in [5, 5.41) is 0. The third-order valence-corrected chi connectivity index (χ3v) is 3.57. The number of hydrogen-bond donors (Lipinski definition) is 1. The first-order valence-electron chi connectivity index (χ1n) is 6.23. The number of imidazole rings is 1. The van der Waals surface area contributed by atoms with Crippen LogP contribution in [0.25, 0.3) is 0 Å². The maximum atomic E-state index is 5.81. The second-order valence-electron chi connectivity index (χ2n) is 4.59. The van der Waals surface area contributed by atoms with Gasteiger partial charge in [-0.25, -0.2) is 4.98 Å². The molecule has 4 nitrogen and oxygen atoms in total. The second-order valence-corrected chi connectivity index (χ2v) is 4.59. The first-order valence-corrected chi connectivity index (χ1v) is 6.23. The molecule has 90 valence electrons. The lowest BCUT2D eigenvalue weighted by molar-refractivity contribution is 0.147. The van der Waals surface area contributed by atoms with E-state index < -0.39 is 0 Å². The summed E-state index contributed by atoms with van der Waals surface area (Å²) >= 11 is 0. The molecule has 1 aliphatic heterocycles. The van der Waals surface area contributed by atoms with Crippen molar-refractivity contribution in [2.45, 2.75) is 38.8 Å². The number of nitrogens with two attached hydrogens (primary N) is 1. The van der Waals surface area contributed by atoms with Crippen molar-refractivity contribution in [3.05, 3.63) is 18.2 Å². The van der Waals surface area contributed by atoms with Gasteiger partial charge in [-0.05, 0) is 26.3 Å². The summed E-state index contributed by atoms with van der Waals surface area (Å²) in [5.41, 5.74) is 5.81. The Morgan fingerprint density at radius 2 is 2.31 bits per heavy atom. The van der Waals surface area contributed by atoms with Crippen LogP contribution in [-0.4, -0.2) is 40.1 Å². The molecule has 1 atom stereocenters. The maximum Gasteiger partial charge on any atom is 0.105 e. The summed E-state index contributed by atoms with van der Waals surface area (Å²) in [6.07, 6.45) is 7.84. The molecule has 1 unspecified atom stereocenters. The zero-order valence-corrected chi connectivity index (χ0v) is 10.1. The van der Waals surface area contributed by atoms with Crippen LogP contribution in [0.5, 0.6) is 0 Å². The van der Waals surface area contributed by atoms with Crippen LogP contribution >= 0.6 is 0 Å². The van der Waals surface area contributed by atoms with E-state index in [0.717, 1.165) is 25.5 Å². The molecule has 0 amide bonds. The van der Waals surface area contributed by atoms with Crippen molar-refractivity contribution in [3.63, 3.8) is 0 Å². The lowest BCUT2D eigenvalue weighted by atomic mass is 10.0. The van der Waals surface area contributed by atoms with E-state index in [2.05, 4.69) is 27.6 Å². The van der Waals surface area contributed by atoms with Gasteiger partial charge in [0.1, 0.15) is 5.82 Å². The summed E-state index contributed by atoms with van der Waals surface area (Å²) in [6, 6.07) is 0.595. The normalized spacial score (nSPS) is 22.5. The first-order chi connectivity index (χ1) is 7.81. The Morgan fingerprint density at radius 3 is 3.00 bits per heavy atom. The number of piperidine rings is 1. The van der Waals surface area contributed by atoms with E-state index in [1.807, 2.05) is 6.20 Å². The third kappa shape index (κ3) is 2.62. The topological polar surface area (TPSA) is 47.1 Å².